The second-order valence-electron chi connectivity index (χ2n) is 9.64. The summed E-state index contributed by atoms with van der Waals surface area (Å²) in [5.74, 6) is -4.96. The molecule has 4 amide bonds. The van der Waals surface area contributed by atoms with Crippen LogP contribution in [0.2, 0.25) is 0 Å². The van der Waals surface area contributed by atoms with E-state index in [2.05, 4.69) is 15.5 Å². The Morgan fingerprint density at radius 1 is 1.03 bits per heavy atom. The second kappa shape index (κ2) is 11.7. The number of hydrogen-bond donors (Lipinski definition) is 3. The summed E-state index contributed by atoms with van der Waals surface area (Å²) in [6.07, 6.45) is 1.60. The third-order valence-electron chi connectivity index (χ3n) is 7.20. The lowest BCUT2D eigenvalue weighted by molar-refractivity contribution is -0.139. The number of rotatable bonds is 8. The molecule has 3 N–H and O–H groups in total. The largest absolute Gasteiger partial charge is 0.480 e. The maximum atomic E-state index is 13.9. The number of benzene rings is 2. The van der Waals surface area contributed by atoms with Crippen molar-refractivity contribution in [2.45, 2.75) is 37.8 Å². The van der Waals surface area contributed by atoms with Gasteiger partial charge in [-0.3, -0.25) is 9.59 Å². The Balaban J connectivity index is 1.39. The molecule has 0 saturated carbocycles. The number of piperidine rings is 1. The number of halogens is 2. The Bertz CT molecular complexity index is 1220. The van der Waals surface area contributed by atoms with Gasteiger partial charge in [0, 0.05) is 25.3 Å². The Morgan fingerprint density at radius 3 is 2.26 bits per heavy atom. The first-order chi connectivity index (χ1) is 18.7. The molecule has 2 fully saturated rings. The fraction of sp³-hybridized carbons (Fsp3) is 0.407. The number of carbonyl (C=O) groups is 4. The average molecular weight is 544 g/mol. The normalized spacial score (nSPS) is 17.3. The number of anilines is 1. The summed E-state index contributed by atoms with van der Waals surface area (Å²) >= 11 is 0. The van der Waals surface area contributed by atoms with Crippen LogP contribution in [-0.4, -0.2) is 83.1 Å². The first-order valence-corrected chi connectivity index (χ1v) is 12.8. The molecule has 2 aliphatic heterocycles. The van der Waals surface area contributed by atoms with Crippen LogP contribution in [0.4, 0.5) is 19.3 Å². The molecule has 0 aromatic heterocycles. The maximum Gasteiger partial charge on any atom is 0.328 e. The molecule has 4 rings (SSSR count). The van der Waals surface area contributed by atoms with Gasteiger partial charge in [-0.05, 0) is 43.5 Å². The lowest BCUT2D eigenvalue weighted by Crippen LogP contribution is -2.59. The topological polar surface area (TPSA) is 122 Å². The van der Waals surface area contributed by atoms with Crippen LogP contribution < -0.4 is 15.5 Å². The van der Waals surface area contributed by atoms with Gasteiger partial charge in [-0.1, -0.05) is 31.2 Å². The number of nitrogens with zero attached hydrogens (tertiary/aromatic N) is 3. The van der Waals surface area contributed by atoms with Crippen molar-refractivity contribution in [1.29, 1.82) is 0 Å². The maximum absolute atomic E-state index is 13.9. The summed E-state index contributed by atoms with van der Waals surface area (Å²) in [5.41, 5.74) is -0.763. The van der Waals surface area contributed by atoms with Gasteiger partial charge in [-0.25, -0.2) is 18.4 Å². The lowest BCUT2D eigenvalue weighted by atomic mass is 9.85. The minimum atomic E-state index is -1.62. The molecule has 10 nitrogen and oxygen atoms in total. The molecule has 0 aliphatic carbocycles. The van der Waals surface area contributed by atoms with E-state index >= 15 is 0 Å². The molecule has 0 bridgehead atoms. The molecule has 1 unspecified atom stereocenters. The molecule has 2 aromatic carbocycles. The fourth-order valence-electron chi connectivity index (χ4n) is 5.17. The van der Waals surface area contributed by atoms with Crippen LogP contribution >= 0.6 is 0 Å². The van der Waals surface area contributed by atoms with Gasteiger partial charge in [0.2, 0.25) is 5.91 Å². The van der Waals surface area contributed by atoms with Crippen molar-refractivity contribution < 1.29 is 33.1 Å². The predicted octanol–water partition coefficient (Wildman–Crippen LogP) is 2.41. The molecule has 12 heteroatoms. The Labute approximate surface area is 224 Å². The Hall–Kier alpha value is -4.22. The SMILES string of the molecule is CCCN1CN(c2ccccc2)C2(CCN(C(=O)NCC(NC(=O)c3c(F)cccc3F)C(=O)O)CC2)C1=O. The Kier molecular flexibility index (Phi) is 8.32. The molecular formula is C27H31F2N5O5. The summed E-state index contributed by atoms with van der Waals surface area (Å²) in [6.45, 7) is 3.12. The van der Waals surface area contributed by atoms with E-state index in [4.69, 9.17) is 0 Å². The number of likely N-dealkylation sites (tertiary alicyclic amines) is 1. The van der Waals surface area contributed by atoms with Crippen LogP contribution in [0.3, 0.4) is 0 Å². The summed E-state index contributed by atoms with van der Waals surface area (Å²) in [5, 5.41) is 14.0. The Morgan fingerprint density at radius 2 is 1.67 bits per heavy atom. The van der Waals surface area contributed by atoms with E-state index < -0.39 is 53.2 Å². The van der Waals surface area contributed by atoms with Crippen molar-refractivity contribution in [3.05, 3.63) is 65.7 Å². The van der Waals surface area contributed by atoms with Crippen LogP contribution in [-0.2, 0) is 9.59 Å². The first kappa shape index (κ1) is 27.8. The molecular weight excluding hydrogens is 512 g/mol. The minimum Gasteiger partial charge on any atom is -0.480 e. The van der Waals surface area contributed by atoms with Crippen molar-refractivity contribution in [1.82, 2.24) is 20.4 Å². The van der Waals surface area contributed by atoms with Gasteiger partial charge < -0.3 is 30.4 Å². The van der Waals surface area contributed by atoms with E-state index in [0.29, 0.717) is 26.1 Å². The third-order valence-corrected chi connectivity index (χ3v) is 7.20. The van der Waals surface area contributed by atoms with Gasteiger partial charge >= 0.3 is 12.0 Å². The number of amides is 4. The average Bonchev–Trinajstić information content (AvgIpc) is 3.18. The molecule has 0 radical (unpaired) electrons. The monoisotopic (exact) mass is 543 g/mol. The van der Waals surface area contributed by atoms with Crippen LogP contribution in [0.25, 0.3) is 0 Å². The van der Waals surface area contributed by atoms with Gasteiger partial charge in [-0.2, -0.15) is 0 Å². The summed E-state index contributed by atoms with van der Waals surface area (Å²) in [6, 6.07) is 10.3. The number of nitrogens with one attached hydrogen (secondary N) is 2. The van der Waals surface area contributed by atoms with Crippen molar-refractivity contribution >= 4 is 29.5 Å². The molecule has 2 aliphatic rings. The third kappa shape index (κ3) is 5.64. The molecule has 2 aromatic rings. The number of para-hydroxylation sites is 1. The summed E-state index contributed by atoms with van der Waals surface area (Å²) in [7, 11) is 0. The lowest BCUT2D eigenvalue weighted by Gasteiger charge is -2.43. The highest BCUT2D eigenvalue weighted by Gasteiger charge is 2.53. The van der Waals surface area contributed by atoms with E-state index in [-0.39, 0.29) is 19.0 Å². The summed E-state index contributed by atoms with van der Waals surface area (Å²) < 4.78 is 27.8. The standard InChI is InChI=1S/C27H31F2N5O5/c1-2-13-33-17-34(18-7-4-3-5-8-18)27(25(33)38)11-14-32(15-12-27)26(39)30-16-21(24(36)37)31-23(35)22-19(28)9-6-10-20(22)29/h3-10,21H,2,11-17H2,1H3,(H,30,39)(H,31,35)(H,36,37). The fourth-order valence-corrected chi connectivity index (χ4v) is 5.17. The molecule has 1 atom stereocenters. The smallest absolute Gasteiger partial charge is 0.328 e. The van der Waals surface area contributed by atoms with E-state index in [1.165, 1.54) is 4.90 Å². The number of aliphatic carboxylic acids is 1. The van der Waals surface area contributed by atoms with Crippen LogP contribution in [0.1, 0.15) is 36.5 Å². The molecule has 208 valence electrons. The number of hydrogen-bond acceptors (Lipinski definition) is 5. The molecule has 1 spiro atoms. The minimum absolute atomic E-state index is 0.0299. The van der Waals surface area contributed by atoms with E-state index in [0.717, 1.165) is 30.3 Å². The number of carboxylic acid groups (broad SMARTS) is 1. The van der Waals surface area contributed by atoms with Gasteiger partial charge in [0.05, 0.1) is 13.2 Å². The van der Waals surface area contributed by atoms with E-state index in [9.17, 15) is 33.1 Å². The van der Waals surface area contributed by atoms with Crippen molar-refractivity contribution in [3.63, 3.8) is 0 Å². The zero-order valence-corrected chi connectivity index (χ0v) is 21.5. The van der Waals surface area contributed by atoms with Crippen LogP contribution in [0, 0.1) is 11.6 Å². The van der Waals surface area contributed by atoms with Crippen LogP contribution in [0.15, 0.2) is 48.5 Å². The van der Waals surface area contributed by atoms with Gasteiger partial charge in [0.15, 0.2) is 0 Å². The zero-order valence-electron chi connectivity index (χ0n) is 21.5. The van der Waals surface area contributed by atoms with Gasteiger partial charge in [0.1, 0.15) is 28.8 Å². The van der Waals surface area contributed by atoms with Gasteiger partial charge in [0.25, 0.3) is 5.91 Å². The molecule has 2 saturated heterocycles. The van der Waals surface area contributed by atoms with E-state index in [1.807, 2.05) is 42.2 Å². The highest BCUT2D eigenvalue weighted by molar-refractivity contribution is 5.97. The number of carbonyl (C=O) groups excluding carboxylic acids is 3. The molecule has 39 heavy (non-hydrogen) atoms. The van der Waals surface area contributed by atoms with Crippen molar-refractivity contribution in [3.8, 4) is 0 Å². The first-order valence-electron chi connectivity index (χ1n) is 12.8. The van der Waals surface area contributed by atoms with Gasteiger partial charge in [-0.15, -0.1) is 0 Å². The van der Waals surface area contributed by atoms with Crippen molar-refractivity contribution in [2.24, 2.45) is 0 Å². The number of urea groups is 1. The zero-order chi connectivity index (χ0) is 28.2. The second-order valence-corrected chi connectivity index (χ2v) is 9.64. The highest BCUT2D eigenvalue weighted by Crippen LogP contribution is 2.39. The van der Waals surface area contributed by atoms with Crippen molar-refractivity contribution in [2.75, 3.05) is 37.7 Å². The number of carboxylic acids is 1. The quantitative estimate of drug-likeness (QED) is 0.470. The van der Waals surface area contributed by atoms with Crippen LogP contribution in [0.5, 0.6) is 0 Å². The van der Waals surface area contributed by atoms with E-state index in [1.54, 1.807) is 0 Å². The highest BCUT2D eigenvalue weighted by atomic mass is 19.1. The molecule has 2 heterocycles. The summed E-state index contributed by atoms with van der Waals surface area (Å²) in [4.78, 5) is 55.8. The predicted molar refractivity (Wildman–Crippen MR) is 138 cm³/mol.